The first-order valence-electron chi connectivity index (χ1n) is 8.29. The number of anilines is 1. The summed E-state index contributed by atoms with van der Waals surface area (Å²) in [7, 11) is 0. The Labute approximate surface area is 136 Å². The minimum absolute atomic E-state index is 0.192. The van der Waals surface area contributed by atoms with Gasteiger partial charge in [0.15, 0.2) is 5.78 Å². The van der Waals surface area contributed by atoms with Crippen LogP contribution in [0.25, 0.3) is 11.0 Å². The standard InChI is InChI=1S/C17H24N4O2/c1-2-14(22)13-21-16-6-4-3-5-15(16)20(17(21)18)8-7-19-9-11-23-12-10-19/h3-6,18H,2,7-13H2,1H3/p+1. The first kappa shape index (κ1) is 16.0. The van der Waals surface area contributed by atoms with E-state index in [2.05, 4.69) is 15.5 Å². The quantitative estimate of drug-likeness (QED) is 0.801. The number of nitrogens with zero attached hydrogens (tertiary/aromatic N) is 3. The number of nitrogens with two attached hydrogens (primary N) is 1. The van der Waals surface area contributed by atoms with Crippen molar-refractivity contribution >= 4 is 22.8 Å². The van der Waals surface area contributed by atoms with Crippen LogP contribution in [0.15, 0.2) is 24.3 Å². The van der Waals surface area contributed by atoms with E-state index < -0.39 is 0 Å². The van der Waals surface area contributed by atoms with Crippen molar-refractivity contribution in [3.8, 4) is 0 Å². The minimum Gasteiger partial charge on any atom is -0.379 e. The number of Topliss-reactive ketones (excluding diaryl/α,β-unsaturated/α-hetero) is 1. The maximum absolute atomic E-state index is 11.9. The Morgan fingerprint density at radius 2 is 2.00 bits per heavy atom. The molecule has 0 saturated carbocycles. The molecule has 0 aliphatic carbocycles. The maximum atomic E-state index is 11.9. The van der Waals surface area contributed by atoms with Crippen LogP contribution in [0.1, 0.15) is 13.3 Å². The number of fused-ring (bicyclic) bond motifs is 1. The van der Waals surface area contributed by atoms with E-state index in [-0.39, 0.29) is 5.78 Å². The van der Waals surface area contributed by atoms with Gasteiger partial charge in [0, 0.05) is 26.1 Å². The van der Waals surface area contributed by atoms with Gasteiger partial charge >= 0.3 is 5.95 Å². The normalized spacial score (nSPS) is 16.0. The summed E-state index contributed by atoms with van der Waals surface area (Å²) in [6, 6.07) is 8.10. The number of benzene rings is 1. The zero-order valence-electron chi connectivity index (χ0n) is 13.7. The predicted octanol–water partition coefficient (Wildman–Crippen LogP) is 0.822. The second kappa shape index (κ2) is 7.10. The van der Waals surface area contributed by atoms with Crippen LogP contribution in [0.2, 0.25) is 0 Å². The molecule has 1 aliphatic heterocycles. The summed E-state index contributed by atoms with van der Waals surface area (Å²) in [5.41, 5.74) is 8.47. The number of morpholine rings is 1. The highest BCUT2D eigenvalue weighted by Gasteiger charge is 2.22. The van der Waals surface area contributed by atoms with E-state index in [0.29, 0.717) is 18.9 Å². The van der Waals surface area contributed by atoms with Crippen LogP contribution in [-0.4, -0.2) is 48.1 Å². The summed E-state index contributed by atoms with van der Waals surface area (Å²) in [4.78, 5) is 14.3. The number of ether oxygens (including phenoxy) is 1. The summed E-state index contributed by atoms with van der Waals surface area (Å²) in [6.07, 6.45) is 0.528. The number of hydrogen-bond donors (Lipinski definition) is 1. The molecule has 0 spiro atoms. The van der Waals surface area contributed by atoms with Crippen LogP contribution in [0, 0.1) is 0 Å². The zero-order valence-corrected chi connectivity index (χ0v) is 13.7. The van der Waals surface area contributed by atoms with Crippen molar-refractivity contribution in [2.45, 2.75) is 26.4 Å². The fraction of sp³-hybridized carbons (Fsp3) is 0.529. The molecule has 2 aromatic rings. The lowest BCUT2D eigenvalue weighted by atomic mass is 10.3. The van der Waals surface area contributed by atoms with E-state index in [1.54, 1.807) is 0 Å². The third-order valence-corrected chi connectivity index (χ3v) is 4.49. The number of para-hydroxylation sites is 2. The molecule has 6 nitrogen and oxygen atoms in total. The van der Waals surface area contributed by atoms with Crippen LogP contribution in [-0.2, 0) is 22.6 Å². The zero-order chi connectivity index (χ0) is 16.2. The molecule has 0 amide bonds. The molecule has 23 heavy (non-hydrogen) atoms. The van der Waals surface area contributed by atoms with Crippen molar-refractivity contribution in [1.29, 1.82) is 0 Å². The molecule has 0 bridgehead atoms. The average molecular weight is 317 g/mol. The minimum atomic E-state index is 0.192. The van der Waals surface area contributed by atoms with Crippen LogP contribution < -0.4 is 10.3 Å². The van der Waals surface area contributed by atoms with Crippen LogP contribution in [0.4, 0.5) is 5.95 Å². The van der Waals surface area contributed by atoms with Crippen molar-refractivity contribution in [1.82, 2.24) is 9.47 Å². The molecule has 6 heteroatoms. The largest absolute Gasteiger partial charge is 0.379 e. The predicted molar refractivity (Wildman–Crippen MR) is 89.1 cm³/mol. The number of carbonyl (C=O) groups is 1. The molecule has 1 saturated heterocycles. The van der Waals surface area contributed by atoms with Crippen molar-refractivity contribution in [3.63, 3.8) is 0 Å². The summed E-state index contributed by atoms with van der Waals surface area (Å²) in [5.74, 6) is 0.846. The van der Waals surface area contributed by atoms with Gasteiger partial charge in [-0.3, -0.25) is 15.4 Å². The molecule has 1 aromatic heterocycles. The number of nitrogen functional groups attached to an aromatic ring is 1. The summed E-state index contributed by atoms with van der Waals surface area (Å²) in [6.45, 7) is 7.51. The van der Waals surface area contributed by atoms with Gasteiger partial charge in [-0.1, -0.05) is 19.1 Å². The van der Waals surface area contributed by atoms with Gasteiger partial charge in [0.25, 0.3) is 0 Å². The van der Waals surface area contributed by atoms with E-state index in [1.807, 2.05) is 29.7 Å². The highest BCUT2D eigenvalue weighted by Crippen LogP contribution is 2.16. The topological polar surface area (TPSA) is 64.4 Å². The van der Waals surface area contributed by atoms with Crippen molar-refractivity contribution in [2.75, 3.05) is 38.6 Å². The van der Waals surface area contributed by atoms with E-state index in [9.17, 15) is 4.79 Å². The third kappa shape index (κ3) is 3.38. The Hall–Kier alpha value is -1.92. The van der Waals surface area contributed by atoms with Crippen LogP contribution in [0.5, 0.6) is 0 Å². The fourth-order valence-electron chi connectivity index (χ4n) is 3.07. The van der Waals surface area contributed by atoms with Gasteiger partial charge in [-0.15, -0.1) is 0 Å². The number of imidazole rings is 1. The van der Waals surface area contributed by atoms with Crippen LogP contribution in [0.3, 0.4) is 0 Å². The van der Waals surface area contributed by atoms with E-state index >= 15 is 0 Å². The molecular formula is C17H25N4O2+. The average Bonchev–Trinajstić information content (AvgIpc) is 2.86. The van der Waals surface area contributed by atoms with E-state index in [1.165, 1.54) is 0 Å². The molecule has 124 valence electrons. The lowest BCUT2D eigenvalue weighted by Gasteiger charge is -2.25. The molecule has 0 unspecified atom stereocenters. The summed E-state index contributed by atoms with van der Waals surface area (Å²) < 4.78 is 9.44. The van der Waals surface area contributed by atoms with Gasteiger partial charge in [-0.05, 0) is 12.1 Å². The highest BCUT2D eigenvalue weighted by molar-refractivity contribution is 5.78. The van der Waals surface area contributed by atoms with Crippen LogP contribution >= 0.6 is 0 Å². The molecule has 2 N–H and O–H groups in total. The molecule has 1 aliphatic rings. The third-order valence-electron chi connectivity index (χ3n) is 4.49. The van der Waals surface area contributed by atoms with Crippen molar-refractivity contribution in [2.24, 2.45) is 0 Å². The first-order valence-corrected chi connectivity index (χ1v) is 8.29. The molecule has 2 heterocycles. The highest BCUT2D eigenvalue weighted by atomic mass is 16.5. The lowest BCUT2D eigenvalue weighted by molar-refractivity contribution is -0.644. The smallest absolute Gasteiger partial charge is 0.356 e. The van der Waals surface area contributed by atoms with Gasteiger partial charge in [-0.2, -0.15) is 0 Å². The molecule has 1 fully saturated rings. The summed E-state index contributed by atoms with van der Waals surface area (Å²) in [5, 5.41) is 0. The second-order valence-electron chi connectivity index (χ2n) is 5.93. The summed E-state index contributed by atoms with van der Waals surface area (Å²) >= 11 is 0. The molecule has 3 rings (SSSR count). The number of carbonyl (C=O) groups excluding carboxylic acids is 1. The second-order valence-corrected chi connectivity index (χ2v) is 5.93. The Kier molecular flexibility index (Phi) is 4.93. The SMILES string of the molecule is CCC(=O)C[n+]1c(N)n(CCN2CCOCC2)c2ccccc21. The molecule has 0 radical (unpaired) electrons. The number of aromatic nitrogens is 2. The van der Waals surface area contributed by atoms with Crippen molar-refractivity contribution in [3.05, 3.63) is 24.3 Å². The monoisotopic (exact) mass is 317 g/mol. The molecule has 1 aromatic carbocycles. The lowest BCUT2D eigenvalue weighted by Crippen LogP contribution is -2.41. The van der Waals surface area contributed by atoms with Gasteiger partial charge in [-0.25, -0.2) is 9.13 Å². The van der Waals surface area contributed by atoms with Gasteiger partial charge < -0.3 is 4.74 Å². The van der Waals surface area contributed by atoms with E-state index in [0.717, 1.165) is 50.4 Å². The Bertz CT molecular complexity index is 689. The van der Waals surface area contributed by atoms with E-state index in [4.69, 9.17) is 10.5 Å². The van der Waals surface area contributed by atoms with Gasteiger partial charge in [0.2, 0.25) is 0 Å². The number of rotatable bonds is 6. The maximum Gasteiger partial charge on any atom is 0.356 e. The van der Waals surface area contributed by atoms with Crippen molar-refractivity contribution < 1.29 is 14.1 Å². The fourth-order valence-corrected chi connectivity index (χ4v) is 3.07. The number of ketones is 1. The number of hydrogen-bond acceptors (Lipinski definition) is 4. The Balaban J connectivity index is 1.86. The molecular weight excluding hydrogens is 292 g/mol. The first-order chi connectivity index (χ1) is 11.2. The Morgan fingerprint density at radius 1 is 1.26 bits per heavy atom. The van der Waals surface area contributed by atoms with Gasteiger partial charge in [0.1, 0.15) is 17.6 Å². The molecule has 0 atom stereocenters. The van der Waals surface area contributed by atoms with Gasteiger partial charge in [0.05, 0.1) is 19.8 Å². The Morgan fingerprint density at radius 3 is 2.74 bits per heavy atom.